The van der Waals surface area contributed by atoms with E-state index in [0.29, 0.717) is 16.1 Å². The van der Waals surface area contributed by atoms with Gasteiger partial charge in [-0.1, -0.05) is 0 Å². The highest BCUT2D eigenvalue weighted by Gasteiger charge is 2.20. The lowest BCUT2D eigenvalue weighted by Crippen LogP contribution is -2.36. The number of piperidine rings is 1. The van der Waals surface area contributed by atoms with Gasteiger partial charge in [0.05, 0.1) is 11.6 Å². The van der Waals surface area contributed by atoms with Crippen molar-refractivity contribution in [2.45, 2.75) is 19.4 Å². The molecular weight excluding hydrogens is 310 g/mol. The highest BCUT2D eigenvalue weighted by atomic mass is 79.9. The Labute approximate surface area is 122 Å². The number of phenols is 1. The third kappa shape index (κ3) is 3.61. The van der Waals surface area contributed by atoms with E-state index in [2.05, 4.69) is 20.8 Å². The van der Waals surface area contributed by atoms with Gasteiger partial charge in [-0.3, -0.25) is 4.90 Å². The lowest BCUT2D eigenvalue weighted by Gasteiger charge is -2.31. The second-order valence-electron chi connectivity index (χ2n) is 5.05. The smallest absolute Gasteiger partial charge is 0.172 e. The molecule has 2 rings (SSSR count). The first-order valence-electron chi connectivity index (χ1n) is 6.52. The van der Waals surface area contributed by atoms with Gasteiger partial charge in [0.25, 0.3) is 0 Å². The van der Waals surface area contributed by atoms with E-state index >= 15 is 0 Å². The van der Waals surface area contributed by atoms with Gasteiger partial charge in [0.15, 0.2) is 11.5 Å². The summed E-state index contributed by atoms with van der Waals surface area (Å²) < 4.78 is 5.81. The second kappa shape index (κ2) is 6.59. The molecule has 0 spiro atoms. The zero-order valence-electron chi connectivity index (χ0n) is 11.1. The van der Waals surface area contributed by atoms with E-state index in [9.17, 15) is 10.2 Å². The molecule has 1 fully saturated rings. The molecule has 1 aromatic carbocycles. The average molecular weight is 330 g/mol. The van der Waals surface area contributed by atoms with E-state index in [-0.39, 0.29) is 12.4 Å². The largest absolute Gasteiger partial charge is 0.503 e. The third-order valence-electron chi connectivity index (χ3n) is 3.58. The molecule has 0 aromatic heterocycles. The van der Waals surface area contributed by atoms with E-state index < -0.39 is 0 Å². The lowest BCUT2D eigenvalue weighted by atomic mass is 9.98. The molecule has 106 valence electrons. The van der Waals surface area contributed by atoms with Crippen LogP contribution in [0.1, 0.15) is 18.4 Å². The zero-order chi connectivity index (χ0) is 13.8. The highest BCUT2D eigenvalue weighted by Crippen LogP contribution is 2.35. The molecule has 0 unspecified atom stereocenters. The number of aliphatic hydroxyl groups is 1. The third-order valence-corrected chi connectivity index (χ3v) is 4.18. The molecule has 1 saturated heterocycles. The number of rotatable bonds is 4. The Morgan fingerprint density at radius 2 is 2.26 bits per heavy atom. The molecule has 0 radical (unpaired) electrons. The van der Waals surface area contributed by atoms with E-state index in [1.165, 1.54) is 0 Å². The minimum atomic E-state index is 0.137. The van der Waals surface area contributed by atoms with Crippen LogP contribution in [0, 0.1) is 5.92 Å². The molecule has 0 bridgehead atoms. The fourth-order valence-electron chi connectivity index (χ4n) is 2.58. The van der Waals surface area contributed by atoms with Crippen molar-refractivity contribution in [1.29, 1.82) is 0 Å². The number of phenolic OH excluding ortho intramolecular Hbond substituents is 1. The molecular formula is C14H20BrNO3. The van der Waals surface area contributed by atoms with E-state index in [1.54, 1.807) is 7.11 Å². The SMILES string of the molecule is COc1cc(CN2CCC[C@@H](CO)C2)cc(Br)c1O. The Morgan fingerprint density at radius 1 is 1.47 bits per heavy atom. The number of ether oxygens (including phenoxy) is 1. The fraction of sp³-hybridized carbons (Fsp3) is 0.571. The van der Waals surface area contributed by atoms with Crippen LogP contribution in [0.2, 0.25) is 0 Å². The molecule has 19 heavy (non-hydrogen) atoms. The lowest BCUT2D eigenvalue weighted by molar-refractivity contribution is 0.116. The van der Waals surface area contributed by atoms with Crippen molar-refractivity contribution >= 4 is 15.9 Å². The van der Waals surface area contributed by atoms with Gasteiger partial charge >= 0.3 is 0 Å². The molecule has 1 aromatic rings. The quantitative estimate of drug-likeness (QED) is 0.890. The normalized spacial score (nSPS) is 20.5. The number of halogens is 1. The van der Waals surface area contributed by atoms with Gasteiger partial charge < -0.3 is 14.9 Å². The Hall–Kier alpha value is -0.780. The van der Waals surface area contributed by atoms with Crippen molar-refractivity contribution in [1.82, 2.24) is 4.90 Å². The van der Waals surface area contributed by atoms with E-state index in [0.717, 1.165) is 38.0 Å². The summed E-state index contributed by atoms with van der Waals surface area (Å²) in [4.78, 5) is 2.34. The van der Waals surface area contributed by atoms with Gasteiger partial charge in [0, 0.05) is 19.7 Å². The van der Waals surface area contributed by atoms with Crippen LogP contribution < -0.4 is 4.74 Å². The van der Waals surface area contributed by atoms with Crippen molar-refractivity contribution < 1.29 is 14.9 Å². The van der Waals surface area contributed by atoms with Crippen molar-refractivity contribution in [2.75, 3.05) is 26.8 Å². The number of aromatic hydroxyl groups is 1. The van der Waals surface area contributed by atoms with E-state index in [1.807, 2.05) is 12.1 Å². The number of methoxy groups -OCH3 is 1. The summed E-state index contributed by atoms with van der Waals surface area (Å²) in [6, 6.07) is 3.78. The number of hydrogen-bond donors (Lipinski definition) is 2. The van der Waals surface area contributed by atoms with Gasteiger partial charge in [-0.15, -0.1) is 0 Å². The molecule has 0 amide bonds. The summed E-state index contributed by atoms with van der Waals surface area (Å²) in [7, 11) is 1.55. The number of benzene rings is 1. The molecule has 0 aliphatic carbocycles. The maximum absolute atomic E-state index is 9.79. The summed E-state index contributed by atoms with van der Waals surface area (Å²) in [6.07, 6.45) is 2.23. The van der Waals surface area contributed by atoms with Crippen LogP contribution in [0.4, 0.5) is 0 Å². The summed E-state index contributed by atoms with van der Waals surface area (Å²) in [5, 5.41) is 19.0. The minimum absolute atomic E-state index is 0.137. The summed E-state index contributed by atoms with van der Waals surface area (Å²) in [5.74, 6) is 1.01. The number of aliphatic hydroxyl groups excluding tert-OH is 1. The van der Waals surface area contributed by atoms with Crippen molar-refractivity contribution in [3.63, 3.8) is 0 Å². The summed E-state index contributed by atoms with van der Waals surface area (Å²) in [5.41, 5.74) is 1.10. The summed E-state index contributed by atoms with van der Waals surface area (Å²) >= 11 is 3.34. The Morgan fingerprint density at radius 3 is 2.95 bits per heavy atom. The van der Waals surface area contributed by atoms with E-state index in [4.69, 9.17) is 4.74 Å². The topological polar surface area (TPSA) is 52.9 Å². The maximum atomic E-state index is 9.79. The Balaban J connectivity index is 2.08. The predicted octanol–water partition coefficient (Wildman–Crippen LogP) is 2.37. The maximum Gasteiger partial charge on any atom is 0.172 e. The number of nitrogens with zero attached hydrogens (tertiary/aromatic N) is 1. The van der Waals surface area contributed by atoms with Crippen LogP contribution in [0.5, 0.6) is 11.5 Å². The minimum Gasteiger partial charge on any atom is -0.503 e. The van der Waals surface area contributed by atoms with Gasteiger partial charge in [-0.25, -0.2) is 0 Å². The molecule has 1 aliphatic rings. The molecule has 1 heterocycles. The molecule has 5 heteroatoms. The van der Waals surface area contributed by atoms with Crippen LogP contribution in [-0.2, 0) is 6.54 Å². The first-order valence-corrected chi connectivity index (χ1v) is 7.32. The Kier molecular flexibility index (Phi) is 5.07. The molecule has 1 atom stereocenters. The standard InChI is InChI=1S/C14H20BrNO3/c1-19-13-6-11(5-12(15)14(13)18)8-16-4-2-3-10(7-16)9-17/h5-6,10,17-18H,2-4,7-9H2,1H3/t10-/m1/s1. The molecule has 4 nitrogen and oxygen atoms in total. The first kappa shape index (κ1) is 14.6. The average Bonchev–Trinajstić information content (AvgIpc) is 2.43. The molecule has 0 saturated carbocycles. The van der Waals surface area contributed by atoms with Crippen molar-refractivity contribution in [2.24, 2.45) is 5.92 Å². The Bertz CT molecular complexity index is 439. The summed E-state index contributed by atoms with van der Waals surface area (Å²) in [6.45, 7) is 3.06. The molecule has 2 N–H and O–H groups in total. The fourth-order valence-corrected chi connectivity index (χ4v) is 3.07. The van der Waals surface area contributed by atoms with Crippen LogP contribution >= 0.6 is 15.9 Å². The second-order valence-corrected chi connectivity index (χ2v) is 5.91. The first-order chi connectivity index (χ1) is 9.13. The van der Waals surface area contributed by atoms with Gasteiger partial charge in [-0.05, 0) is 58.9 Å². The van der Waals surface area contributed by atoms with Gasteiger partial charge in [-0.2, -0.15) is 0 Å². The zero-order valence-corrected chi connectivity index (χ0v) is 12.7. The number of likely N-dealkylation sites (tertiary alicyclic amines) is 1. The predicted molar refractivity (Wildman–Crippen MR) is 77.4 cm³/mol. The number of hydrogen-bond acceptors (Lipinski definition) is 4. The van der Waals surface area contributed by atoms with Gasteiger partial charge in [0.1, 0.15) is 0 Å². The van der Waals surface area contributed by atoms with Crippen LogP contribution in [0.15, 0.2) is 16.6 Å². The van der Waals surface area contributed by atoms with Gasteiger partial charge in [0.2, 0.25) is 0 Å². The monoisotopic (exact) mass is 329 g/mol. The highest BCUT2D eigenvalue weighted by molar-refractivity contribution is 9.10. The van der Waals surface area contributed by atoms with Crippen LogP contribution in [0.3, 0.4) is 0 Å². The van der Waals surface area contributed by atoms with Crippen molar-refractivity contribution in [3.05, 3.63) is 22.2 Å². The van der Waals surface area contributed by atoms with Crippen molar-refractivity contribution in [3.8, 4) is 11.5 Å². The van der Waals surface area contributed by atoms with Crippen LogP contribution in [-0.4, -0.2) is 41.9 Å². The molecule has 1 aliphatic heterocycles. The van der Waals surface area contributed by atoms with Crippen LogP contribution in [0.25, 0.3) is 0 Å².